The molecule has 0 bridgehead atoms. The predicted molar refractivity (Wildman–Crippen MR) is 60.7 cm³/mol. The lowest BCUT2D eigenvalue weighted by molar-refractivity contribution is 0.0513. The van der Waals surface area contributed by atoms with E-state index in [0.717, 1.165) is 0 Å². The van der Waals surface area contributed by atoms with Crippen molar-refractivity contribution in [2.75, 3.05) is 6.61 Å². The SMILES string of the molecule is CCOC(=O)c1cc(CN)c(Br)nc1C(F)F. The zero-order chi connectivity index (χ0) is 13.0. The van der Waals surface area contributed by atoms with Crippen LogP contribution < -0.4 is 5.73 Å². The van der Waals surface area contributed by atoms with Crippen molar-refractivity contribution in [2.45, 2.75) is 19.9 Å². The summed E-state index contributed by atoms with van der Waals surface area (Å²) in [5, 5.41) is 0. The first-order valence-corrected chi connectivity index (χ1v) is 5.65. The lowest BCUT2D eigenvalue weighted by Crippen LogP contribution is -2.13. The van der Waals surface area contributed by atoms with E-state index in [0.29, 0.717) is 5.56 Å². The standard InChI is InChI=1S/C10H11BrF2N2O2/c1-2-17-10(16)6-3-5(4-14)8(11)15-7(6)9(12)13/h3,9H,2,4,14H2,1H3. The summed E-state index contributed by atoms with van der Waals surface area (Å²) in [7, 11) is 0. The first-order valence-electron chi connectivity index (χ1n) is 4.85. The van der Waals surface area contributed by atoms with Gasteiger partial charge in [0.1, 0.15) is 10.3 Å². The van der Waals surface area contributed by atoms with Gasteiger partial charge in [0.2, 0.25) is 0 Å². The maximum absolute atomic E-state index is 12.7. The van der Waals surface area contributed by atoms with E-state index in [1.807, 2.05) is 0 Å². The number of ether oxygens (including phenoxy) is 1. The fourth-order valence-electron chi connectivity index (χ4n) is 1.23. The fraction of sp³-hybridized carbons (Fsp3) is 0.400. The molecule has 7 heteroatoms. The number of aromatic nitrogens is 1. The molecule has 17 heavy (non-hydrogen) atoms. The number of hydrogen-bond acceptors (Lipinski definition) is 4. The van der Waals surface area contributed by atoms with Crippen LogP contribution in [0, 0.1) is 0 Å². The number of nitrogens with zero attached hydrogens (tertiary/aromatic N) is 1. The van der Waals surface area contributed by atoms with E-state index in [2.05, 4.69) is 25.7 Å². The lowest BCUT2D eigenvalue weighted by atomic mass is 10.1. The summed E-state index contributed by atoms with van der Waals surface area (Å²) in [6.07, 6.45) is -2.85. The zero-order valence-electron chi connectivity index (χ0n) is 9.04. The van der Waals surface area contributed by atoms with Crippen LogP contribution in [-0.4, -0.2) is 17.6 Å². The van der Waals surface area contributed by atoms with Gasteiger partial charge in [-0.1, -0.05) is 0 Å². The van der Waals surface area contributed by atoms with Crippen LogP contribution in [0.2, 0.25) is 0 Å². The summed E-state index contributed by atoms with van der Waals surface area (Å²) in [5.74, 6) is -0.822. The summed E-state index contributed by atoms with van der Waals surface area (Å²) >= 11 is 3.02. The van der Waals surface area contributed by atoms with E-state index < -0.39 is 18.1 Å². The lowest BCUT2D eigenvalue weighted by Gasteiger charge is -2.10. The fourth-order valence-corrected chi connectivity index (χ4v) is 1.69. The van der Waals surface area contributed by atoms with Gasteiger partial charge in [-0.25, -0.2) is 18.6 Å². The van der Waals surface area contributed by atoms with E-state index >= 15 is 0 Å². The molecule has 1 heterocycles. The maximum atomic E-state index is 12.7. The highest BCUT2D eigenvalue weighted by Crippen LogP contribution is 2.26. The molecule has 0 aliphatic heterocycles. The van der Waals surface area contributed by atoms with Crippen LogP contribution in [0.5, 0.6) is 0 Å². The number of carbonyl (C=O) groups excluding carboxylic acids is 1. The highest BCUT2D eigenvalue weighted by Gasteiger charge is 2.23. The van der Waals surface area contributed by atoms with E-state index in [9.17, 15) is 13.6 Å². The van der Waals surface area contributed by atoms with Gasteiger partial charge in [-0.15, -0.1) is 0 Å². The second-order valence-electron chi connectivity index (χ2n) is 3.10. The van der Waals surface area contributed by atoms with Crippen molar-refractivity contribution < 1.29 is 18.3 Å². The van der Waals surface area contributed by atoms with Crippen molar-refractivity contribution in [3.05, 3.63) is 27.5 Å². The van der Waals surface area contributed by atoms with Gasteiger partial charge in [-0.2, -0.15) is 0 Å². The Labute approximate surface area is 105 Å². The molecule has 0 radical (unpaired) electrons. The number of carbonyl (C=O) groups is 1. The molecule has 0 amide bonds. The van der Waals surface area contributed by atoms with Crippen molar-refractivity contribution in [2.24, 2.45) is 5.73 Å². The molecule has 0 aliphatic carbocycles. The largest absolute Gasteiger partial charge is 0.462 e. The smallest absolute Gasteiger partial charge is 0.340 e. The van der Waals surface area contributed by atoms with Gasteiger partial charge in [0.15, 0.2) is 0 Å². The molecule has 0 saturated heterocycles. The van der Waals surface area contributed by atoms with Crippen LogP contribution in [0.15, 0.2) is 10.7 Å². The van der Waals surface area contributed by atoms with Crippen molar-refractivity contribution in [1.82, 2.24) is 4.98 Å². The third-order valence-corrected chi connectivity index (χ3v) is 2.69. The maximum Gasteiger partial charge on any atom is 0.340 e. The summed E-state index contributed by atoms with van der Waals surface area (Å²) in [4.78, 5) is 15.1. The Morgan fingerprint density at radius 1 is 1.65 bits per heavy atom. The van der Waals surface area contributed by atoms with Crippen LogP contribution in [0.3, 0.4) is 0 Å². The molecular weight excluding hydrogens is 298 g/mol. The van der Waals surface area contributed by atoms with E-state index in [1.54, 1.807) is 6.92 Å². The molecule has 0 fully saturated rings. The Morgan fingerprint density at radius 3 is 2.76 bits per heavy atom. The number of halogens is 3. The van der Waals surface area contributed by atoms with Crippen molar-refractivity contribution in [1.29, 1.82) is 0 Å². The summed E-state index contributed by atoms with van der Waals surface area (Å²) in [6.45, 7) is 1.79. The molecule has 1 rings (SSSR count). The van der Waals surface area contributed by atoms with E-state index in [4.69, 9.17) is 5.73 Å². The molecule has 0 saturated carbocycles. The normalized spacial score (nSPS) is 10.7. The average Bonchev–Trinajstić information content (AvgIpc) is 2.28. The molecule has 1 aromatic heterocycles. The number of esters is 1. The first-order chi connectivity index (χ1) is 8.01. The second-order valence-corrected chi connectivity index (χ2v) is 3.85. The van der Waals surface area contributed by atoms with Crippen LogP contribution >= 0.6 is 15.9 Å². The van der Waals surface area contributed by atoms with Crippen molar-refractivity contribution >= 4 is 21.9 Å². The number of rotatable bonds is 4. The Bertz CT molecular complexity index is 427. The molecule has 0 spiro atoms. The van der Waals surface area contributed by atoms with Gasteiger partial charge >= 0.3 is 5.97 Å². The Balaban J connectivity index is 3.28. The van der Waals surface area contributed by atoms with Crippen molar-refractivity contribution in [3.63, 3.8) is 0 Å². The molecule has 0 aliphatic rings. The predicted octanol–water partition coefficient (Wildman–Crippen LogP) is 2.42. The van der Waals surface area contributed by atoms with Gasteiger partial charge in [0.05, 0.1) is 12.2 Å². The molecular formula is C10H11BrF2N2O2. The van der Waals surface area contributed by atoms with Crippen LogP contribution in [-0.2, 0) is 11.3 Å². The molecule has 0 unspecified atom stereocenters. The Morgan fingerprint density at radius 2 is 2.29 bits per heavy atom. The minimum atomic E-state index is -2.85. The highest BCUT2D eigenvalue weighted by molar-refractivity contribution is 9.10. The quantitative estimate of drug-likeness (QED) is 0.685. The number of alkyl halides is 2. The highest BCUT2D eigenvalue weighted by atomic mass is 79.9. The van der Waals surface area contributed by atoms with Crippen LogP contribution in [0.1, 0.15) is 35.0 Å². The summed E-state index contributed by atoms with van der Waals surface area (Å²) in [6, 6.07) is 1.27. The Kier molecular flexibility index (Phi) is 4.95. The van der Waals surface area contributed by atoms with E-state index in [-0.39, 0.29) is 23.3 Å². The van der Waals surface area contributed by atoms with Gasteiger partial charge in [-0.3, -0.25) is 0 Å². The molecule has 4 nitrogen and oxygen atoms in total. The topological polar surface area (TPSA) is 65.2 Å². The minimum Gasteiger partial charge on any atom is -0.462 e. The van der Waals surface area contributed by atoms with E-state index in [1.165, 1.54) is 6.07 Å². The number of hydrogen-bond donors (Lipinski definition) is 1. The molecule has 0 atom stereocenters. The summed E-state index contributed by atoms with van der Waals surface area (Å²) < 4.78 is 30.3. The van der Waals surface area contributed by atoms with Gasteiger partial charge in [0.25, 0.3) is 6.43 Å². The molecule has 1 aromatic rings. The van der Waals surface area contributed by atoms with Gasteiger partial charge in [0, 0.05) is 6.54 Å². The Hall–Kier alpha value is -1.08. The molecule has 94 valence electrons. The summed E-state index contributed by atoms with van der Waals surface area (Å²) in [5.41, 5.74) is 5.03. The molecule has 2 N–H and O–H groups in total. The van der Waals surface area contributed by atoms with Gasteiger partial charge in [-0.05, 0) is 34.5 Å². The number of pyridine rings is 1. The third-order valence-electron chi connectivity index (χ3n) is 2.00. The second kappa shape index (κ2) is 6.02. The first kappa shape index (κ1) is 14.0. The van der Waals surface area contributed by atoms with Gasteiger partial charge < -0.3 is 10.5 Å². The third kappa shape index (κ3) is 3.19. The monoisotopic (exact) mass is 308 g/mol. The zero-order valence-corrected chi connectivity index (χ0v) is 10.6. The minimum absolute atomic E-state index is 0.0868. The molecule has 0 aromatic carbocycles. The van der Waals surface area contributed by atoms with Crippen LogP contribution in [0.4, 0.5) is 8.78 Å². The number of nitrogens with two attached hydrogens (primary N) is 1. The average molecular weight is 309 g/mol. The van der Waals surface area contributed by atoms with Crippen LogP contribution in [0.25, 0.3) is 0 Å². The van der Waals surface area contributed by atoms with Crippen molar-refractivity contribution in [3.8, 4) is 0 Å².